The molecule has 0 aliphatic carbocycles. The summed E-state index contributed by atoms with van der Waals surface area (Å²) in [5.74, 6) is -0.271. The first kappa shape index (κ1) is 25.6. The summed E-state index contributed by atoms with van der Waals surface area (Å²) in [4.78, 5) is 49.9. The van der Waals surface area contributed by atoms with Crippen LogP contribution in [0.4, 0.5) is 21.0 Å². The number of nitrogens with one attached hydrogen (secondary N) is 2. The molecule has 1 fully saturated rings. The number of urea groups is 2. The Bertz CT molecular complexity index is 1460. The minimum atomic E-state index is -1.06. The molecule has 40 heavy (non-hydrogen) atoms. The lowest BCUT2D eigenvalue weighted by molar-refractivity contribution is -0.120. The summed E-state index contributed by atoms with van der Waals surface area (Å²) in [7, 11) is 0. The van der Waals surface area contributed by atoms with Crippen molar-refractivity contribution in [3.8, 4) is 0 Å². The highest BCUT2D eigenvalue weighted by molar-refractivity contribution is 6.20. The highest BCUT2D eigenvalue weighted by Gasteiger charge is 2.36. The standard InChI is InChI=1S/C31H32N6O3/c1-2-36-26-15-9-7-13-24(26)27(21-10-4-3-5-11-21)33-28(29(36)38)34-30(39)35-18-16-23(17-19-35)37-20-22-12-6-8-14-25(22)32-31(37)40/h3-15,23,28H,2,16-20H2,1H3,(H,32,40)(H,34,39)/t28-/m0/s1. The van der Waals surface area contributed by atoms with E-state index in [4.69, 9.17) is 4.99 Å². The Hall–Kier alpha value is -4.66. The van der Waals surface area contributed by atoms with Gasteiger partial charge >= 0.3 is 12.1 Å². The number of likely N-dealkylation sites (tertiary alicyclic amines) is 1. The van der Waals surface area contributed by atoms with E-state index in [1.54, 1.807) is 9.80 Å². The first-order chi connectivity index (χ1) is 19.5. The maximum Gasteiger partial charge on any atom is 0.322 e. The number of carbonyl (C=O) groups is 3. The number of aliphatic imine (C=N–C) groups is 1. The molecule has 1 saturated heterocycles. The van der Waals surface area contributed by atoms with E-state index in [-0.39, 0.29) is 24.0 Å². The van der Waals surface area contributed by atoms with Crippen LogP contribution >= 0.6 is 0 Å². The van der Waals surface area contributed by atoms with Crippen LogP contribution in [0, 0.1) is 0 Å². The normalized spacial score (nSPS) is 19.3. The van der Waals surface area contributed by atoms with Crippen molar-refractivity contribution in [2.45, 2.75) is 38.5 Å². The highest BCUT2D eigenvalue weighted by atomic mass is 16.2. The summed E-state index contributed by atoms with van der Waals surface area (Å²) >= 11 is 0. The van der Waals surface area contributed by atoms with Gasteiger partial charge < -0.3 is 25.3 Å². The van der Waals surface area contributed by atoms with Crippen molar-refractivity contribution >= 4 is 35.1 Å². The zero-order valence-electron chi connectivity index (χ0n) is 22.4. The second-order valence-electron chi connectivity index (χ2n) is 10.2. The molecule has 1 atom stereocenters. The molecule has 204 valence electrons. The Kier molecular flexibility index (Phi) is 6.94. The van der Waals surface area contributed by atoms with Crippen LogP contribution in [-0.4, -0.2) is 65.3 Å². The number of benzene rings is 3. The number of anilines is 2. The largest absolute Gasteiger partial charge is 0.325 e. The number of amides is 5. The van der Waals surface area contributed by atoms with E-state index >= 15 is 0 Å². The Morgan fingerprint density at radius 3 is 2.42 bits per heavy atom. The molecule has 5 amide bonds. The molecule has 0 saturated carbocycles. The zero-order chi connectivity index (χ0) is 27.6. The summed E-state index contributed by atoms with van der Waals surface area (Å²) in [6.45, 7) is 3.89. The molecule has 3 heterocycles. The molecule has 0 unspecified atom stereocenters. The first-order valence-electron chi connectivity index (χ1n) is 13.8. The minimum absolute atomic E-state index is 0.0321. The Morgan fingerprint density at radius 1 is 0.950 bits per heavy atom. The van der Waals surface area contributed by atoms with Crippen LogP contribution in [0.15, 0.2) is 83.9 Å². The molecule has 3 aliphatic heterocycles. The van der Waals surface area contributed by atoms with Crippen LogP contribution in [0.1, 0.15) is 36.5 Å². The Morgan fingerprint density at radius 2 is 1.65 bits per heavy atom. The third kappa shape index (κ3) is 4.79. The van der Waals surface area contributed by atoms with Crippen LogP contribution in [0.5, 0.6) is 0 Å². The number of likely N-dealkylation sites (N-methyl/N-ethyl adjacent to an activating group) is 1. The number of fused-ring (bicyclic) bond motifs is 2. The van der Waals surface area contributed by atoms with Gasteiger partial charge in [-0.25, -0.2) is 14.6 Å². The molecule has 3 aromatic rings. The number of hydrogen-bond acceptors (Lipinski definition) is 4. The number of para-hydroxylation sites is 2. The molecule has 0 radical (unpaired) electrons. The fourth-order valence-electron chi connectivity index (χ4n) is 5.78. The number of hydrogen-bond donors (Lipinski definition) is 2. The van der Waals surface area contributed by atoms with Gasteiger partial charge in [0, 0.05) is 49.0 Å². The summed E-state index contributed by atoms with van der Waals surface area (Å²) in [6.07, 6.45) is 0.261. The van der Waals surface area contributed by atoms with Gasteiger partial charge in [0.15, 0.2) is 0 Å². The van der Waals surface area contributed by atoms with Crippen LogP contribution in [0.25, 0.3) is 0 Å². The van der Waals surface area contributed by atoms with E-state index in [2.05, 4.69) is 10.6 Å². The van der Waals surface area contributed by atoms with Gasteiger partial charge in [-0.2, -0.15) is 0 Å². The van der Waals surface area contributed by atoms with Crippen LogP contribution < -0.4 is 15.5 Å². The van der Waals surface area contributed by atoms with E-state index in [0.29, 0.717) is 44.7 Å². The van der Waals surface area contributed by atoms with E-state index in [9.17, 15) is 14.4 Å². The van der Waals surface area contributed by atoms with Gasteiger partial charge in [0.1, 0.15) is 0 Å². The van der Waals surface area contributed by atoms with Gasteiger partial charge in [-0.05, 0) is 37.5 Å². The van der Waals surface area contributed by atoms with Gasteiger partial charge in [-0.3, -0.25) is 4.79 Å². The van der Waals surface area contributed by atoms with E-state index in [1.165, 1.54) is 0 Å². The maximum absolute atomic E-state index is 13.7. The average molecular weight is 537 g/mol. The summed E-state index contributed by atoms with van der Waals surface area (Å²) in [6, 6.07) is 24.9. The number of piperidine rings is 1. The fourth-order valence-corrected chi connectivity index (χ4v) is 5.78. The second-order valence-corrected chi connectivity index (χ2v) is 10.2. The second kappa shape index (κ2) is 10.8. The summed E-state index contributed by atoms with van der Waals surface area (Å²) in [5, 5.41) is 5.89. The van der Waals surface area contributed by atoms with Gasteiger partial charge in [0.05, 0.1) is 11.4 Å². The number of nitrogens with zero attached hydrogens (tertiary/aromatic N) is 4. The number of benzodiazepines with no additional fused rings is 1. The molecule has 3 aromatic carbocycles. The topological polar surface area (TPSA) is 97.4 Å². The smallest absolute Gasteiger partial charge is 0.322 e. The molecule has 0 aromatic heterocycles. The van der Waals surface area contributed by atoms with E-state index < -0.39 is 6.17 Å². The number of carbonyl (C=O) groups excluding carboxylic acids is 3. The lowest BCUT2D eigenvalue weighted by Gasteiger charge is -2.40. The van der Waals surface area contributed by atoms with Crippen molar-refractivity contribution in [3.63, 3.8) is 0 Å². The van der Waals surface area contributed by atoms with Crippen molar-refractivity contribution < 1.29 is 14.4 Å². The molecule has 2 N–H and O–H groups in total. The predicted octanol–water partition coefficient (Wildman–Crippen LogP) is 4.44. The van der Waals surface area contributed by atoms with E-state index in [0.717, 1.165) is 28.1 Å². The van der Waals surface area contributed by atoms with Gasteiger partial charge in [-0.15, -0.1) is 0 Å². The van der Waals surface area contributed by atoms with Crippen LogP contribution in [0.3, 0.4) is 0 Å². The Balaban J connectivity index is 1.18. The summed E-state index contributed by atoms with van der Waals surface area (Å²) in [5.41, 5.74) is 5.11. The van der Waals surface area contributed by atoms with Crippen molar-refractivity contribution in [2.75, 3.05) is 29.9 Å². The molecule has 3 aliphatic rings. The van der Waals surface area contributed by atoms with E-state index in [1.807, 2.05) is 90.7 Å². The van der Waals surface area contributed by atoms with Gasteiger partial charge in [0.25, 0.3) is 5.91 Å². The first-order valence-corrected chi connectivity index (χ1v) is 13.8. The van der Waals surface area contributed by atoms with Crippen molar-refractivity contribution in [1.82, 2.24) is 15.1 Å². The highest BCUT2D eigenvalue weighted by Crippen LogP contribution is 2.29. The minimum Gasteiger partial charge on any atom is -0.325 e. The lowest BCUT2D eigenvalue weighted by Crippen LogP contribution is -2.55. The van der Waals surface area contributed by atoms with Crippen molar-refractivity contribution in [1.29, 1.82) is 0 Å². The van der Waals surface area contributed by atoms with Crippen LogP contribution in [0.2, 0.25) is 0 Å². The average Bonchev–Trinajstić information content (AvgIpc) is 3.11. The third-order valence-corrected chi connectivity index (χ3v) is 7.88. The van der Waals surface area contributed by atoms with Crippen molar-refractivity contribution in [3.05, 3.63) is 95.6 Å². The molecule has 0 bridgehead atoms. The SMILES string of the molecule is CCN1C(=O)[C@H](NC(=O)N2CCC(N3Cc4ccccc4NC3=O)CC2)N=C(c2ccccc2)c2ccccc21. The monoisotopic (exact) mass is 536 g/mol. The van der Waals surface area contributed by atoms with Crippen molar-refractivity contribution in [2.24, 2.45) is 4.99 Å². The Labute approximate surface area is 233 Å². The maximum atomic E-state index is 13.7. The van der Waals surface area contributed by atoms with Gasteiger partial charge in [-0.1, -0.05) is 66.7 Å². The van der Waals surface area contributed by atoms with Crippen LogP contribution in [-0.2, 0) is 11.3 Å². The molecule has 6 rings (SSSR count). The van der Waals surface area contributed by atoms with Gasteiger partial charge in [0.2, 0.25) is 6.17 Å². The lowest BCUT2D eigenvalue weighted by atomic mass is 10.0. The number of rotatable bonds is 4. The molecule has 0 spiro atoms. The summed E-state index contributed by atoms with van der Waals surface area (Å²) < 4.78 is 0. The molecule has 9 heteroatoms. The zero-order valence-corrected chi connectivity index (χ0v) is 22.4. The molecular formula is C31H32N6O3. The fraction of sp³-hybridized carbons (Fsp3) is 0.290. The quantitative estimate of drug-likeness (QED) is 0.516. The third-order valence-electron chi connectivity index (χ3n) is 7.88. The molecular weight excluding hydrogens is 504 g/mol. The molecule has 9 nitrogen and oxygen atoms in total. The predicted molar refractivity (Wildman–Crippen MR) is 154 cm³/mol.